The number of terminal acetylenes is 2. The van der Waals surface area contributed by atoms with Crippen LogP contribution in [0.2, 0.25) is 0 Å². The third-order valence-corrected chi connectivity index (χ3v) is 2.97. The zero-order valence-electron chi connectivity index (χ0n) is 14.1. The molecule has 5 heteroatoms. The molecule has 0 aromatic heterocycles. The molecule has 0 N–H and O–H groups in total. The Morgan fingerprint density at radius 3 is 2.08 bits per heavy atom. The summed E-state index contributed by atoms with van der Waals surface area (Å²) in [5.41, 5.74) is 1.30. The third-order valence-electron chi connectivity index (χ3n) is 2.97. The Morgan fingerprint density at radius 1 is 0.875 bits per heavy atom. The molecular weight excluding hydrogens is 308 g/mol. The van der Waals surface area contributed by atoms with Crippen LogP contribution in [-0.2, 0) is 16.1 Å². The van der Waals surface area contributed by atoms with Crippen molar-refractivity contribution in [2.75, 3.05) is 41.2 Å². The molecule has 0 aliphatic rings. The first kappa shape index (κ1) is 19.3. The van der Waals surface area contributed by atoms with Gasteiger partial charge in [0.1, 0.15) is 19.8 Å². The van der Waals surface area contributed by atoms with Gasteiger partial charge in [0.25, 0.3) is 0 Å². The maximum absolute atomic E-state index is 5.60. The van der Waals surface area contributed by atoms with Crippen LogP contribution in [0.15, 0.2) is 6.07 Å². The zero-order chi connectivity index (χ0) is 17.8. The molecule has 0 bridgehead atoms. The van der Waals surface area contributed by atoms with Crippen molar-refractivity contribution in [1.82, 2.24) is 0 Å². The van der Waals surface area contributed by atoms with Gasteiger partial charge in [0.15, 0.2) is 11.5 Å². The Labute approximate surface area is 143 Å². The van der Waals surface area contributed by atoms with Crippen LogP contribution in [-0.4, -0.2) is 41.2 Å². The summed E-state index contributed by atoms with van der Waals surface area (Å²) in [4.78, 5) is 0. The molecule has 0 spiro atoms. The van der Waals surface area contributed by atoms with Crippen LogP contribution in [0.25, 0.3) is 0 Å². The Hall–Kier alpha value is -2.78. The summed E-state index contributed by atoms with van der Waals surface area (Å²) in [6.45, 7) is 1.01. The fourth-order valence-corrected chi connectivity index (χ4v) is 1.95. The van der Waals surface area contributed by atoms with E-state index in [0.29, 0.717) is 22.8 Å². The first-order valence-electron chi connectivity index (χ1n) is 7.06. The number of hydrogen-bond donors (Lipinski definition) is 0. The average molecular weight is 328 g/mol. The molecule has 5 nitrogen and oxygen atoms in total. The van der Waals surface area contributed by atoms with E-state index < -0.39 is 0 Å². The van der Waals surface area contributed by atoms with E-state index in [-0.39, 0.29) is 26.4 Å². The van der Waals surface area contributed by atoms with Crippen molar-refractivity contribution in [2.24, 2.45) is 0 Å². The molecule has 0 atom stereocenters. The largest absolute Gasteiger partial charge is 0.493 e. The number of hydrogen-bond acceptors (Lipinski definition) is 5. The van der Waals surface area contributed by atoms with Crippen LogP contribution in [0.3, 0.4) is 0 Å². The molecule has 0 fully saturated rings. The number of benzene rings is 1. The predicted molar refractivity (Wildman–Crippen MR) is 91.1 cm³/mol. The molecule has 0 aliphatic carbocycles. The van der Waals surface area contributed by atoms with Gasteiger partial charge in [-0.2, -0.15) is 0 Å². The normalized spacial score (nSPS) is 9.21. The minimum atomic E-state index is 0.236. The molecule has 0 saturated heterocycles. The summed E-state index contributed by atoms with van der Waals surface area (Å²) in [5, 5.41) is 0. The van der Waals surface area contributed by atoms with Gasteiger partial charge >= 0.3 is 0 Å². The predicted octanol–water partition coefficient (Wildman–Crippen LogP) is 1.86. The molecule has 0 saturated carbocycles. The Balaban J connectivity index is 2.81. The Bertz CT molecular complexity index is 683. The third kappa shape index (κ3) is 5.14. The van der Waals surface area contributed by atoms with Crippen molar-refractivity contribution in [2.45, 2.75) is 6.61 Å². The summed E-state index contributed by atoms with van der Waals surface area (Å²) < 4.78 is 26.5. The summed E-state index contributed by atoms with van der Waals surface area (Å²) in [6, 6.07) is 1.76. The van der Waals surface area contributed by atoms with Crippen molar-refractivity contribution in [3.8, 4) is 53.8 Å². The molecule has 126 valence electrons. The second kappa shape index (κ2) is 10.9. The smallest absolute Gasteiger partial charge is 0.204 e. The van der Waals surface area contributed by atoms with Crippen LogP contribution in [0.4, 0.5) is 0 Å². The van der Waals surface area contributed by atoms with E-state index in [1.165, 1.54) is 14.2 Å². The van der Waals surface area contributed by atoms with Gasteiger partial charge in [0.05, 0.1) is 33.5 Å². The molecule has 0 heterocycles. The van der Waals surface area contributed by atoms with E-state index in [2.05, 4.69) is 23.7 Å². The van der Waals surface area contributed by atoms with Crippen molar-refractivity contribution < 1.29 is 23.7 Å². The highest BCUT2D eigenvalue weighted by Gasteiger charge is 2.19. The average Bonchev–Trinajstić information content (AvgIpc) is 2.62. The second-order valence-electron chi connectivity index (χ2n) is 4.37. The lowest BCUT2D eigenvalue weighted by molar-refractivity contribution is 0.152. The highest BCUT2D eigenvalue weighted by atomic mass is 16.5. The zero-order valence-corrected chi connectivity index (χ0v) is 14.1. The van der Waals surface area contributed by atoms with E-state index >= 15 is 0 Å². The molecule has 1 rings (SSSR count). The fourth-order valence-electron chi connectivity index (χ4n) is 1.95. The summed E-state index contributed by atoms with van der Waals surface area (Å²) in [7, 11) is 4.58. The SMILES string of the molecule is C#CCOCC#CCOCc1cc(OC)c(OC)c(OC)c1C#C. The molecule has 0 radical (unpaired) electrons. The number of rotatable bonds is 8. The highest BCUT2D eigenvalue weighted by Crippen LogP contribution is 2.41. The van der Waals surface area contributed by atoms with Crippen molar-refractivity contribution in [3.05, 3.63) is 17.2 Å². The minimum Gasteiger partial charge on any atom is -0.493 e. The van der Waals surface area contributed by atoms with E-state index in [1.54, 1.807) is 13.2 Å². The van der Waals surface area contributed by atoms with E-state index in [4.69, 9.17) is 36.5 Å². The van der Waals surface area contributed by atoms with Gasteiger partial charge < -0.3 is 23.7 Å². The lowest BCUT2D eigenvalue weighted by Crippen LogP contribution is -2.03. The van der Waals surface area contributed by atoms with Gasteiger partial charge in [0, 0.05) is 5.56 Å². The monoisotopic (exact) mass is 328 g/mol. The van der Waals surface area contributed by atoms with Crippen LogP contribution in [0.1, 0.15) is 11.1 Å². The summed E-state index contributed by atoms with van der Waals surface area (Å²) >= 11 is 0. The first-order chi connectivity index (χ1) is 11.7. The number of methoxy groups -OCH3 is 3. The van der Waals surface area contributed by atoms with E-state index in [0.717, 1.165) is 5.56 Å². The lowest BCUT2D eigenvalue weighted by Gasteiger charge is -2.16. The maximum atomic E-state index is 5.60. The Kier molecular flexibility index (Phi) is 8.72. The molecule has 1 aromatic rings. The van der Waals surface area contributed by atoms with Crippen molar-refractivity contribution in [1.29, 1.82) is 0 Å². The molecule has 1 aromatic carbocycles. The van der Waals surface area contributed by atoms with Crippen LogP contribution in [0.5, 0.6) is 17.2 Å². The quantitative estimate of drug-likeness (QED) is 0.538. The summed E-state index contributed by atoms with van der Waals surface area (Å²) in [6.07, 6.45) is 10.7. The fraction of sp³-hybridized carbons (Fsp3) is 0.368. The standard InChI is InChI=1S/C19H20O5/c1-6-10-23-11-8-9-12-24-14-15-13-17(20-3)19(22-5)18(21-4)16(15)7-2/h1-2,13H,10-12,14H2,3-5H3. The van der Waals surface area contributed by atoms with Crippen LogP contribution in [0, 0.1) is 36.5 Å². The van der Waals surface area contributed by atoms with Gasteiger partial charge in [-0.1, -0.05) is 23.7 Å². The highest BCUT2D eigenvalue weighted by molar-refractivity contribution is 5.63. The van der Waals surface area contributed by atoms with Crippen LogP contribution < -0.4 is 14.2 Å². The number of ether oxygens (including phenoxy) is 5. The van der Waals surface area contributed by atoms with Crippen molar-refractivity contribution in [3.63, 3.8) is 0 Å². The van der Waals surface area contributed by atoms with Gasteiger partial charge in [0.2, 0.25) is 5.75 Å². The van der Waals surface area contributed by atoms with E-state index in [9.17, 15) is 0 Å². The second-order valence-corrected chi connectivity index (χ2v) is 4.37. The summed E-state index contributed by atoms with van der Waals surface area (Å²) in [5.74, 6) is 12.0. The van der Waals surface area contributed by atoms with Gasteiger partial charge in [-0.05, 0) is 6.07 Å². The molecule has 24 heavy (non-hydrogen) atoms. The topological polar surface area (TPSA) is 46.2 Å². The minimum absolute atomic E-state index is 0.236. The Morgan fingerprint density at radius 2 is 1.54 bits per heavy atom. The van der Waals surface area contributed by atoms with Gasteiger partial charge in [-0.15, -0.1) is 12.8 Å². The lowest BCUT2D eigenvalue weighted by atomic mass is 10.1. The molecular formula is C19H20O5. The first-order valence-corrected chi connectivity index (χ1v) is 7.06. The maximum Gasteiger partial charge on any atom is 0.204 e. The van der Waals surface area contributed by atoms with Crippen molar-refractivity contribution >= 4 is 0 Å². The molecule has 0 unspecified atom stereocenters. The van der Waals surface area contributed by atoms with Gasteiger partial charge in [-0.3, -0.25) is 0 Å². The molecule has 0 aliphatic heterocycles. The van der Waals surface area contributed by atoms with Gasteiger partial charge in [-0.25, -0.2) is 0 Å². The van der Waals surface area contributed by atoms with E-state index in [1.807, 2.05) is 0 Å². The molecule has 0 amide bonds. The van der Waals surface area contributed by atoms with Crippen LogP contribution >= 0.6 is 0 Å².